The van der Waals surface area contributed by atoms with Crippen LogP contribution in [0.4, 0.5) is 0 Å². The van der Waals surface area contributed by atoms with E-state index in [1.165, 1.54) is 5.56 Å². The Labute approximate surface area is 136 Å². The second-order valence-electron chi connectivity index (χ2n) is 6.00. The van der Waals surface area contributed by atoms with Crippen molar-refractivity contribution in [3.05, 3.63) is 89.6 Å². The third-order valence-electron chi connectivity index (χ3n) is 4.16. The molecule has 0 aliphatic carbocycles. The van der Waals surface area contributed by atoms with E-state index in [-0.39, 0.29) is 5.41 Å². The lowest BCUT2D eigenvalue weighted by atomic mass is 9.79. The third-order valence-corrected chi connectivity index (χ3v) is 4.16. The van der Waals surface area contributed by atoms with Crippen LogP contribution in [0, 0.1) is 6.85 Å². The van der Waals surface area contributed by atoms with Crippen molar-refractivity contribution in [1.29, 1.82) is 0 Å². The molecule has 1 heterocycles. The van der Waals surface area contributed by atoms with Gasteiger partial charge in [0.25, 0.3) is 0 Å². The molecule has 0 aliphatic heterocycles. The summed E-state index contributed by atoms with van der Waals surface area (Å²) in [4.78, 5) is 4.59. The Morgan fingerprint density at radius 1 is 0.818 bits per heavy atom. The molecule has 0 saturated heterocycles. The van der Waals surface area contributed by atoms with E-state index in [9.17, 15) is 0 Å². The van der Waals surface area contributed by atoms with E-state index in [4.69, 9.17) is 4.11 Å². The first-order chi connectivity index (χ1) is 11.8. The molecule has 0 N–H and O–H groups in total. The van der Waals surface area contributed by atoms with Crippen molar-refractivity contribution in [2.45, 2.75) is 26.1 Å². The van der Waals surface area contributed by atoms with Gasteiger partial charge in [-0.05, 0) is 24.0 Å². The molecule has 0 radical (unpaired) electrons. The number of hydrogen-bond acceptors (Lipinski definition) is 1. The lowest BCUT2D eigenvalue weighted by molar-refractivity contribution is 0.638. The second kappa shape index (κ2) is 5.76. The van der Waals surface area contributed by atoms with Crippen LogP contribution >= 0.6 is 0 Å². The number of aryl methyl sites for hydroxylation is 1. The molecule has 110 valence electrons. The minimum absolute atomic E-state index is 0.127. The fourth-order valence-corrected chi connectivity index (χ4v) is 2.60. The molecule has 1 nitrogen and oxygen atoms in total. The molecule has 0 fully saturated rings. The van der Waals surface area contributed by atoms with Gasteiger partial charge in [-0.25, -0.2) is 0 Å². The Bertz CT molecular complexity index is 833. The zero-order valence-corrected chi connectivity index (χ0v) is 12.9. The van der Waals surface area contributed by atoms with E-state index >= 15 is 0 Å². The van der Waals surface area contributed by atoms with Gasteiger partial charge in [-0.1, -0.05) is 80.1 Å². The Morgan fingerprint density at radius 2 is 1.55 bits per heavy atom. The van der Waals surface area contributed by atoms with Crippen molar-refractivity contribution in [3.8, 4) is 11.3 Å². The van der Waals surface area contributed by atoms with Gasteiger partial charge in [0.05, 0.1) is 5.69 Å². The van der Waals surface area contributed by atoms with Gasteiger partial charge in [0.1, 0.15) is 0 Å². The van der Waals surface area contributed by atoms with Gasteiger partial charge in [-0.15, -0.1) is 0 Å². The van der Waals surface area contributed by atoms with Crippen LogP contribution in [0.1, 0.15) is 34.7 Å². The molecule has 0 saturated carbocycles. The molecule has 1 heteroatoms. The van der Waals surface area contributed by atoms with Gasteiger partial charge in [-0.2, -0.15) is 0 Å². The Morgan fingerprint density at radius 3 is 2.14 bits per heavy atom. The van der Waals surface area contributed by atoms with E-state index < -0.39 is 6.85 Å². The molecule has 1 aromatic heterocycles. The first-order valence-corrected chi connectivity index (χ1v) is 7.41. The van der Waals surface area contributed by atoms with Crippen LogP contribution in [0.15, 0.2) is 72.9 Å². The van der Waals surface area contributed by atoms with Crippen LogP contribution in [-0.4, -0.2) is 4.98 Å². The SMILES string of the molecule is [2H]C([2H])([2H])c1ccc(-c2ccc(C(C)(C)c3ccccc3)cn2)cc1. The van der Waals surface area contributed by atoms with Gasteiger partial charge in [0, 0.05) is 21.3 Å². The summed E-state index contributed by atoms with van der Waals surface area (Å²) in [6, 6.07) is 21.4. The van der Waals surface area contributed by atoms with Crippen molar-refractivity contribution >= 4 is 0 Å². The number of benzene rings is 2. The highest BCUT2D eigenvalue weighted by molar-refractivity contribution is 5.59. The number of nitrogens with zero attached hydrogens (tertiary/aromatic N) is 1. The summed E-state index contributed by atoms with van der Waals surface area (Å²) in [5.74, 6) is 0. The monoisotopic (exact) mass is 290 g/mol. The van der Waals surface area contributed by atoms with Crippen molar-refractivity contribution in [1.82, 2.24) is 4.98 Å². The average Bonchev–Trinajstić information content (AvgIpc) is 2.62. The first kappa shape index (κ1) is 11.2. The van der Waals surface area contributed by atoms with Gasteiger partial charge in [0.15, 0.2) is 0 Å². The zero-order chi connectivity index (χ0) is 18.1. The highest BCUT2D eigenvalue weighted by Gasteiger charge is 2.23. The van der Waals surface area contributed by atoms with E-state index in [2.05, 4.69) is 37.0 Å². The number of aromatic nitrogens is 1. The molecule has 0 unspecified atom stereocenters. The molecule has 0 bridgehead atoms. The molecular formula is C21H21N. The fraction of sp³-hybridized carbons (Fsp3) is 0.190. The highest BCUT2D eigenvalue weighted by Crippen LogP contribution is 2.31. The molecule has 0 atom stereocenters. The van der Waals surface area contributed by atoms with Gasteiger partial charge in [-0.3, -0.25) is 4.98 Å². The van der Waals surface area contributed by atoms with Crippen LogP contribution in [0.3, 0.4) is 0 Å². The summed E-state index contributed by atoms with van der Waals surface area (Å²) < 4.78 is 22.3. The molecule has 0 aliphatic rings. The Hall–Kier alpha value is -2.41. The minimum Gasteiger partial charge on any atom is -0.256 e. The highest BCUT2D eigenvalue weighted by atomic mass is 14.7. The maximum absolute atomic E-state index is 7.44. The number of hydrogen-bond donors (Lipinski definition) is 0. The normalized spacial score (nSPS) is 14.0. The maximum Gasteiger partial charge on any atom is 0.0702 e. The van der Waals surface area contributed by atoms with Gasteiger partial charge >= 0.3 is 0 Å². The summed E-state index contributed by atoms with van der Waals surface area (Å²) in [5.41, 5.74) is 4.35. The largest absolute Gasteiger partial charge is 0.256 e. The van der Waals surface area contributed by atoms with E-state index in [0.717, 1.165) is 16.8 Å². The standard InChI is InChI=1S/C21H21N/c1-16-9-11-17(12-10-16)20-14-13-19(15-22-20)21(2,3)18-7-5-4-6-8-18/h4-15H,1-3H3/i1D3. The first-order valence-electron chi connectivity index (χ1n) is 8.91. The molecule has 0 amide bonds. The van der Waals surface area contributed by atoms with Crippen LogP contribution in [0.5, 0.6) is 0 Å². The molecular weight excluding hydrogens is 266 g/mol. The van der Waals surface area contributed by atoms with E-state index in [0.29, 0.717) is 5.56 Å². The summed E-state index contributed by atoms with van der Waals surface area (Å²) in [6.45, 7) is 2.30. The topological polar surface area (TPSA) is 12.9 Å². The third kappa shape index (κ3) is 2.80. The fourth-order valence-electron chi connectivity index (χ4n) is 2.60. The van der Waals surface area contributed by atoms with Gasteiger partial charge in [0.2, 0.25) is 0 Å². The molecule has 3 aromatic rings. The van der Waals surface area contributed by atoms with Gasteiger partial charge < -0.3 is 0 Å². The predicted molar refractivity (Wildman–Crippen MR) is 93.0 cm³/mol. The summed E-state index contributed by atoms with van der Waals surface area (Å²) >= 11 is 0. The van der Waals surface area contributed by atoms with E-state index in [1.54, 1.807) is 12.1 Å². The quantitative estimate of drug-likeness (QED) is 0.631. The maximum atomic E-state index is 7.44. The molecule has 0 spiro atoms. The van der Waals surface area contributed by atoms with Crippen molar-refractivity contribution in [3.63, 3.8) is 0 Å². The number of pyridine rings is 1. The summed E-state index contributed by atoms with van der Waals surface area (Å²) in [5, 5.41) is 0. The smallest absolute Gasteiger partial charge is 0.0702 e. The lowest BCUT2D eigenvalue weighted by Crippen LogP contribution is -2.18. The summed E-state index contributed by atoms with van der Waals surface area (Å²) in [6.07, 6.45) is 1.90. The molecule has 2 aromatic carbocycles. The number of rotatable bonds is 3. The second-order valence-corrected chi connectivity index (χ2v) is 6.00. The summed E-state index contributed by atoms with van der Waals surface area (Å²) in [7, 11) is 0. The molecule has 22 heavy (non-hydrogen) atoms. The minimum atomic E-state index is -2.07. The van der Waals surface area contributed by atoms with Crippen molar-refractivity contribution in [2.75, 3.05) is 0 Å². The van der Waals surface area contributed by atoms with Crippen LogP contribution in [0.2, 0.25) is 0 Å². The lowest BCUT2D eigenvalue weighted by Gasteiger charge is -2.25. The Kier molecular flexibility index (Phi) is 2.93. The predicted octanol–water partition coefficient (Wildman–Crippen LogP) is 5.38. The average molecular weight is 290 g/mol. The molecule has 3 rings (SSSR count). The van der Waals surface area contributed by atoms with E-state index in [1.807, 2.05) is 42.6 Å². The van der Waals surface area contributed by atoms with Crippen molar-refractivity contribution in [2.24, 2.45) is 0 Å². The van der Waals surface area contributed by atoms with Crippen molar-refractivity contribution < 1.29 is 4.11 Å². The zero-order valence-electron chi connectivity index (χ0n) is 15.9. The van der Waals surface area contributed by atoms with Crippen LogP contribution < -0.4 is 0 Å². The van der Waals surface area contributed by atoms with Crippen LogP contribution in [0.25, 0.3) is 11.3 Å². The Balaban J connectivity index is 1.88. The van der Waals surface area contributed by atoms with Crippen LogP contribution in [-0.2, 0) is 5.41 Å².